The summed E-state index contributed by atoms with van der Waals surface area (Å²) < 4.78 is 24.9. The molecular weight excluding hydrogens is 476 g/mol. The molecule has 38 heavy (non-hydrogen) atoms. The summed E-state index contributed by atoms with van der Waals surface area (Å²) in [4.78, 5) is 12.4. The average Bonchev–Trinajstić information content (AvgIpc) is 2.99. The van der Waals surface area contributed by atoms with Crippen LogP contribution in [0, 0.1) is 0 Å². The van der Waals surface area contributed by atoms with E-state index in [9.17, 15) is 4.79 Å². The van der Waals surface area contributed by atoms with Gasteiger partial charge in [-0.2, -0.15) is 0 Å². The monoisotopic (exact) mass is 510 g/mol. The maximum absolute atomic E-state index is 12.4. The number of hydrogen-bond acceptors (Lipinski definition) is 5. The molecule has 0 spiro atoms. The molecule has 0 amide bonds. The van der Waals surface area contributed by atoms with Gasteiger partial charge in [0.05, 0.1) is 33.0 Å². The van der Waals surface area contributed by atoms with Gasteiger partial charge in [-0.15, -0.1) is 0 Å². The Hall–Kier alpha value is -3.61. The van der Waals surface area contributed by atoms with Gasteiger partial charge in [-0.05, 0) is 22.3 Å². The molecule has 0 heterocycles. The van der Waals surface area contributed by atoms with E-state index in [-0.39, 0.29) is 13.2 Å². The van der Waals surface area contributed by atoms with Gasteiger partial charge in [0.1, 0.15) is 18.3 Å². The SMILES string of the molecule is O=CC(OCc1ccccc1)C(OCc1ccccc1)C(COCc1ccccc1)OCc1ccccc1. The second kappa shape index (κ2) is 15.6. The second-order valence-electron chi connectivity index (χ2n) is 8.99. The fourth-order valence-corrected chi connectivity index (χ4v) is 4.04. The van der Waals surface area contributed by atoms with Crippen molar-refractivity contribution in [2.45, 2.75) is 44.7 Å². The van der Waals surface area contributed by atoms with Crippen LogP contribution in [0.3, 0.4) is 0 Å². The van der Waals surface area contributed by atoms with Crippen molar-refractivity contribution < 1.29 is 23.7 Å². The smallest absolute Gasteiger partial charge is 0.151 e. The van der Waals surface area contributed by atoms with Gasteiger partial charge in [0.15, 0.2) is 6.29 Å². The Morgan fingerprint density at radius 2 is 0.895 bits per heavy atom. The van der Waals surface area contributed by atoms with Crippen LogP contribution in [0.2, 0.25) is 0 Å². The Bertz CT molecular complexity index is 1170. The number of rotatable bonds is 16. The van der Waals surface area contributed by atoms with Gasteiger partial charge in [0.25, 0.3) is 0 Å². The fraction of sp³-hybridized carbons (Fsp3) is 0.242. The van der Waals surface area contributed by atoms with Gasteiger partial charge < -0.3 is 23.7 Å². The van der Waals surface area contributed by atoms with Crippen LogP contribution >= 0.6 is 0 Å². The van der Waals surface area contributed by atoms with E-state index < -0.39 is 18.3 Å². The van der Waals surface area contributed by atoms with Crippen molar-refractivity contribution in [1.29, 1.82) is 0 Å². The van der Waals surface area contributed by atoms with Gasteiger partial charge in [0, 0.05) is 0 Å². The van der Waals surface area contributed by atoms with Crippen molar-refractivity contribution in [3.05, 3.63) is 144 Å². The first kappa shape index (κ1) is 27.4. The van der Waals surface area contributed by atoms with E-state index in [1.165, 1.54) is 0 Å². The molecule has 4 aromatic carbocycles. The van der Waals surface area contributed by atoms with Crippen molar-refractivity contribution in [2.75, 3.05) is 6.61 Å². The van der Waals surface area contributed by atoms with E-state index in [0.717, 1.165) is 28.5 Å². The number of benzene rings is 4. The summed E-state index contributed by atoms with van der Waals surface area (Å²) in [5.41, 5.74) is 4.05. The molecule has 0 bridgehead atoms. The summed E-state index contributed by atoms with van der Waals surface area (Å²) in [5.74, 6) is 0. The van der Waals surface area contributed by atoms with Crippen molar-refractivity contribution in [1.82, 2.24) is 0 Å². The summed E-state index contributed by atoms with van der Waals surface area (Å²) >= 11 is 0. The highest BCUT2D eigenvalue weighted by Gasteiger charge is 2.33. The topological polar surface area (TPSA) is 54.0 Å². The van der Waals surface area contributed by atoms with Crippen LogP contribution in [0.25, 0.3) is 0 Å². The van der Waals surface area contributed by atoms with Gasteiger partial charge in [-0.25, -0.2) is 0 Å². The van der Waals surface area contributed by atoms with Crippen LogP contribution in [-0.2, 0) is 50.2 Å². The molecule has 0 aliphatic carbocycles. The van der Waals surface area contributed by atoms with Crippen LogP contribution in [0.4, 0.5) is 0 Å². The zero-order valence-electron chi connectivity index (χ0n) is 21.4. The van der Waals surface area contributed by atoms with Gasteiger partial charge >= 0.3 is 0 Å². The summed E-state index contributed by atoms with van der Waals surface area (Å²) in [6.45, 7) is 1.62. The largest absolute Gasteiger partial charge is 0.374 e. The minimum atomic E-state index is -0.847. The first-order chi connectivity index (χ1) is 18.8. The summed E-state index contributed by atoms with van der Waals surface area (Å²) in [5, 5.41) is 0. The molecule has 0 saturated heterocycles. The Morgan fingerprint density at radius 3 is 1.34 bits per heavy atom. The van der Waals surface area contributed by atoms with Crippen molar-refractivity contribution in [3.63, 3.8) is 0 Å². The lowest BCUT2D eigenvalue weighted by Crippen LogP contribution is -2.45. The molecule has 0 radical (unpaired) electrons. The van der Waals surface area contributed by atoms with Gasteiger partial charge in [-0.3, -0.25) is 0 Å². The van der Waals surface area contributed by atoms with Gasteiger partial charge in [-0.1, -0.05) is 121 Å². The van der Waals surface area contributed by atoms with Crippen molar-refractivity contribution >= 4 is 6.29 Å². The lowest BCUT2D eigenvalue weighted by atomic mass is 10.1. The summed E-state index contributed by atoms with van der Waals surface area (Å²) in [6.07, 6.45) is -1.28. The Kier molecular flexibility index (Phi) is 11.3. The molecule has 0 saturated carbocycles. The number of hydrogen-bond donors (Lipinski definition) is 0. The van der Waals surface area contributed by atoms with E-state index in [4.69, 9.17) is 18.9 Å². The van der Waals surface area contributed by atoms with Crippen LogP contribution in [0.1, 0.15) is 22.3 Å². The van der Waals surface area contributed by atoms with E-state index in [1.54, 1.807) is 0 Å². The predicted molar refractivity (Wildman–Crippen MR) is 147 cm³/mol. The molecule has 0 N–H and O–H groups in total. The molecule has 0 fully saturated rings. The third-order valence-electron chi connectivity index (χ3n) is 6.10. The first-order valence-electron chi connectivity index (χ1n) is 12.9. The van der Waals surface area contributed by atoms with Crippen molar-refractivity contribution in [3.8, 4) is 0 Å². The average molecular weight is 511 g/mol. The number of carbonyl (C=O) groups excluding carboxylic acids is 1. The maximum atomic E-state index is 12.4. The van der Waals surface area contributed by atoms with E-state index >= 15 is 0 Å². The molecule has 5 nitrogen and oxygen atoms in total. The van der Waals surface area contributed by atoms with Crippen LogP contribution in [-0.4, -0.2) is 31.2 Å². The Balaban J connectivity index is 1.52. The predicted octanol–water partition coefficient (Wildman–Crippen LogP) is 6.16. The summed E-state index contributed by atoms with van der Waals surface area (Å²) in [6, 6.07) is 39.5. The lowest BCUT2D eigenvalue weighted by Gasteiger charge is -2.31. The standard InChI is InChI=1S/C33H34O5/c34-21-31(36-23-28-15-7-2-8-16-28)33(38-25-30-19-11-4-12-20-30)32(37-24-29-17-9-3-10-18-29)26-35-22-27-13-5-1-6-14-27/h1-21,31-33H,22-26H2. The zero-order chi connectivity index (χ0) is 26.3. The zero-order valence-corrected chi connectivity index (χ0v) is 21.4. The van der Waals surface area contributed by atoms with E-state index in [2.05, 4.69) is 0 Å². The third kappa shape index (κ3) is 9.05. The highest BCUT2D eigenvalue weighted by molar-refractivity contribution is 5.57. The quantitative estimate of drug-likeness (QED) is 0.169. The molecule has 3 atom stereocenters. The minimum absolute atomic E-state index is 0.236. The Morgan fingerprint density at radius 1 is 0.500 bits per heavy atom. The molecule has 0 aliphatic heterocycles. The molecule has 0 aromatic heterocycles. The van der Waals surface area contributed by atoms with E-state index in [1.807, 2.05) is 121 Å². The molecule has 0 aliphatic rings. The molecule has 3 unspecified atom stereocenters. The highest BCUT2D eigenvalue weighted by Crippen LogP contribution is 2.19. The molecule has 5 heteroatoms. The molecule has 196 valence electrons. The summed E-state index contributed by atoms with van der Waals surface area (Å²) in [7, 11) is 0. The normalized spacial score (nSPS) is 13.5. The number of ether oxygens (including phenoxy) is 4. The Labute approximate surface area is 225 Å². The highest BCUT2D eigenvalue weighted by atomic mass is 16.6. The first-order valence-corrected chi connectivity index (χ1v) is 12.9. The minimum Gasteiger partial charge on any atom is -0.374 e. The number of carbonyl (C=O) groups is 1. The molecule has 4 rings (SSSR count). The fourth-order valence-electron chi connectivity index (χ4n) is 4.04. The lowest BCUT2D eigenvalue weighted by molar-refractivity contribution is -0.169. The van der Waals surface area contributed by atoms with Crippen LogP contribution in [0.5, 0.6) is 0 Å². The van der Waals surface area contributed by atoms with Crippen molar-refractivity contribution in [2.24, 2.45) is 0 Å². The van der Waals surface area contributed by atoms with Crippen LogP contribution < -0.4 is 0 Å². The second-order valence-corrected chi connectivity index (χ2v) is 8.99. The maximum Gasteiger partial charge on any atom is 0.151 e. The van der Waals surface area contributed by atoms with Gasteiger partial charge in [0.2, 0.25) is 0 Å². The number of aldehydes is 1. The molecular formula is C33H34O5. The van der Waals surface area contributed by atoms with E-state index in [0.29, 0.717) is 19.8 Å². The van der Waals surface area contributed by atoms with Crippen LogP contribution in [0.15, 0.2) is 121 Å². The molecule has 4 aromatic rings. The third-order valence-corrected chi connectivity index (χ3v) is 6.10.